The van der Waals surface area contributed by atoms with Crippen molar-refractivity contribution in [2.45, 2.75) is 38.5 Å². The summed E-state index contributed by atoms with van der Waals surface area (Å²) >= 11 is 0. The number of methoxy groups -OCH3 is 1. The summed E-state index contributed by atoms with van der Waals surface area (Å²) in [5.74, 6) is 5.01. The van der Waals surface area contributed by atoms with Gasteiger partial charge in [0.25, 0.3) is 5.91 Å². The standard InChI is InChI=1S/C11H23N3O3/c1-4-9-6-17-8(2)5-14(9)10(7-16-3)11(15)13-12/h8-10H,4-7,12H2,1-3H3,(H,13,15). The largest absolute Gasteiger partial charge is 0.383 e. The Bertz CT molecular complexity index is 250. The smallest absolute Gasteiger partial charge is 0.253 e. The van der Waals surface area contributed by atoms with Gasteiger partial charge in [-0.15, -0.1) is 0 Å². The van der Waals surface area contributed by atoms with Crippen molar-refractivity contribution in [2.24, 2.45) is 5.84 Å². The lowest BCUT2D eigenvalue weighted by molar-refractivity contribution is -0.137. The molecule has 0 aromatic heterocycles. The summed E-state index contributed by atoms with van der Waals surface area (Å²) in [6.07, 6.45) is 1.06. The van der Waals surface area contributed by atoms with Gasteiger partial charge < -0.3 is 9.47 Å². The Labute approximate surface area is 102 Å². The fourth-order valence-corrected chi connectivity index (χ4v) is 2.18. The van der Waals surface area contributed by atoms with Crippen molar-refractivity contribution in [3.8, 4) is 0 Å². The van der Waals surface area contributed by atoms with Gasteiger partial charge in [-0.05, 0) is 13.3 Å². The molecular weight excluding hydrogens is 222 g/mol. The molecule has 1 saturated heterocycles. The minimum Gasteiger partial charge on any atom is -0.383 e. The Morgan fingerprint density at radius 2 is 2.41 bits per heavy atom. The molecule has 1 amide bonds. The average molecular weight is 245 g/mol. The summed E-state index contributed by atoms with van der Waals surface area (Å²) in [7, 11) is 1.58. The highest BCUT2D eigenvalue weighted by atomic mass is 16.5. The van der Waals surface area contributed by atoms with Gasteiger partial charge in [0.1, 0.15) is 6.04 Å². The van der Waals surface area contributed by atoms with Crippen LogP contribution >= 0.6 is 0 Å². The van der Waals surface area contributed by atoms with Crippen LogP contribution in [0.2, 0.25) is 0 Å². The monoisotopic (exact) mass is 245 g/mol. The second kappa shape index (κ2) is 6.90. The molecule has 17 heavy (non-hydrogen) atoms. The van der Waals surface area contributed by atoms with E-state index >= 15 is 0 Å². The van der Waals surface area contributed by atoms with Gasteiger partial charge in [0, 0.05) is 19.7 Å². The quantitative estimate of drug-likeness (QED) is 0.387. The van der Waals surface area contributed by atoms with E-state index in [1.165, 1.54) is 0 Å². The van der Waals surface area contributed by atoms with Crippen LogP contribution in [0, 0.1) is 0 Å². The van der Waals surface area contributed by atoms with Crippen LogP contribution in [0.1, 0.15) is 20.3 Å². The lowest BCUT2D eigenvalue weighted by Gasteiger charge is -2.41. The molecule has 1 heterocycles. The highest BCUT2D eigenvalue weighted by molar-refractivity contribution is 5.81. The van der Waals surface area contributed by atoms with E-state index < -0.39 is 0 Å². The van der Waals surface area contributed by atoms with Crippen molar-refractivity contribution in [1.82, 2.24) is 10.3 Å². The number of morpholine rings is 1. The van der Waals surface area contributed by atoms with Crippen LogP contribution in [-0.2, 0) is 14.3 Å². The molecule has 0 aromatic carbocycles. The zero-order valence-corrected chi connectivity index (χ0v) is 10.8. The molecule has 6 heteroatoms. The number of carbonyl (C=O) groups is 1. The molecule has 3 atom stereocenters. The Hall–Kier alpha value is -0.690. The first-order chi connectivity index (χ1) is 8.13. The van der Waals surface area contributed by atoms with Gasteiger partial charge in [-0.2, -0.15) is 0 Å². The van der Waals surface area contributed by atoms with Gasteiger partial charge in [0.15, 0.2) is 0 Å². The molecule has 100 valence electrons. The molecule has 1 aliphatic rings. The van der Waals surface area contributed by atoms with Crippen molar-refractivity contribution in [2.75, 3.05) is 26.9 Å². The molecule has 0 spiro atoms. The van der Waals surface area contributed by atoms with Crippen LogP contribution in [0.15, 0.2) is 0 Å². The molecule has 0 radical (unpaired) electrons. The number of hydrogen-bond donors (Lipinski definition) is 2. The number of carbonyl (C=O) groups excluding carboxylic acids is 1. The number of amides is 1. The summed E-state index contributed by atoms with van der Waals surface area (Å²) in [5.41, 5.74) is 2.21. The van der Waals surface area contributed by atoms with Gasteiger partial charge in [-0.1, -0.05) is 6.92 Å². The van der Waals surface area contributed by atoms with E-state index in [9.17, 15) is 4.79 Å². The number of hydrazine groups is 1. The maximum atomic E-state index is 11.8. The van der Waals surface area contributed by atoms with Crippen LogP contribution < -0.4 is 11.3 Å². The van der Waals surface area contributed by atoms with Gasteiger partial charge in [-0.3, -0.25) is 15.1 Å². The van der Waals surface area contributed by atoms with Gasteiger partial charge in [0.2, 0.25) is 0 Å². The summed E-state index contributed by atoms with van der Waals surface area (Å²) in [4.78, 5) is 13.9. The molecule has 0 aliphatic carbocycles. The van der Waals surface area contributed by atoms with Crippen molar-refractivity contribution in [3.05, 3.63) is 0 Å². The summed E-state index contributed by atoms with van der Waals surface area (Å²) < 4.78 is 10.7. The van der Waals surface area contributed by atoms with E-state index in [0.717, 1.165) is 13.0 Å². The van der Waals surface area contributed by atoms with Crippen molar-refractivity contribution in [1.29, 1.82) is 0 Å². The van der Waals surface area contributed by atoms with E-state index in [-0.39, 0.29) is 24.1 Å². The summed E-state index contributed by atoms with van der Waals surface area (Å²) in [5, 5.41) is 0. The second-order valence-corrected chi connectivity index (χ2v) is 4.38. The molecule has 3 N–H and O–H groups in total. The van der Waals surface area contributed by atoms with Crippen LogP contribution in [0.4, 0.5) is 0 Å². The third kappa shape index (κ3) is 3.64. The number of ether oxygens (including phenoxy) is 2. The van der Waals surface area contributed by atoms with Crippen molar-refractivity contribution in [3.63, 3.8) is 0 Å². The number of nitrogens with one attached hydrogen (secondary N) is 1. The molecule has 0 aromatic rings. The number of hydrogen-bond acceptors (Lipinski definition) is 5. The Balaban J connectivity index is 2.77. The van der Waals surface area contributed by atoms with Crippen LogP contribution in [0.25, 0.3) is 0 Å². The highest BCUT2D eigenvalue weighted by Crippen LogP contribution is 2.18. The highest BCUT2D eigenvalue weighted by Gasteiger charge is 2.34. The average Bonchev–Trinajstić information content (AvgIpc) is 2.35. The molecule has 1 fully saturated rings. The topological polar surface area (TPSA) is 76.8 Å². The maximum absolute atomic E-state index is 11.8. The van der Waals surface area contributed by atoms with Crippen molar-refractivity contribution >= 4 is 5.91 Å². The molecule has 1 aliphatic heterocycles. The zero-order chi connectivity index (χ0) is 12.8. The van der Waals surface area contributed by atoms with Crippen LogP contribution in [0.5, 0.6) is 0 Å². The Morgan fingerprint density at radius 3 is 2.94 bits per heavy atom. The first-order valence-corrected chi connectivity index (χ1v) is 6.00. The fourth-order valence-electron chi connectivity index (χ4n) is 2.18. The maximum Gasteiger partial charge on any atom is 0.253 e. The molecule has 6 nitrogen and oxygen atoms in total. The minimum absolute atomic E-state index is 0.128. The first-order valence-electron chi connectivity index (χ1n) is 6.00. The normalized spacial score (nSPS) is 27.8. The Morgan fingerprint density at radius 1 is 1.71 bits per heavy atom. The zero-order valence-electron chi connectivity index (χ0n) is 10.8. The van der Waals surface area contributed by atoms with Gasteiger partial charge >= 0.3 is 0 Å². The first kappa shape index (κ1) is 14.4. The van der Waals surface area contributed by atoms with Gasteiger partial charge in [-0.25, -0.2) is 5.84 Å². The lowest BCUT2D eigenvalue weighted by atomic mass is 10.1. The third-order valence-corrected chi connectivity index (χ3v) is 3.15. The Kier molecular flexibility index (Phi) is 5.84. The summed E-state index contributed by atoms with van der Waals surface area (Å²) in [6.45, 7) is 5.80. The minimum atomic E-state index is -0.346. The number of nitrogens with zero attached hydrogens (tertiary/aromatic N) is 1. The predicted molar refractivity (Wildman–Crippen MR) is 64.2 cm³/mol. The van der Waals surface area contributed by atoms with E-state index in [1.807, 2.05) is 6.92 Å². The molecule has 1 rings (SSSR count). The van der Waals surface area contributed by atoms with Crippen LogP contribution in [-0.4, -0.2) is 55.9 Å². The van der Waals surface area contributed by atoms with Gasteiger partial charge in [0.05, 0.1) is 19.3 Å². The summed E-state index contributed by atoms with van der Waals surface area (Å²) in [6, 6.07) is -0.107. The molecule has 3 unspecified atom stereocenters. The van der Waals surface area contributed by atoms with Crippen LogP contribution in [0.3, 0.4) is 0 Å². The van der Waals surface area contributed by atoms with E-state index in [1.54, 1.807) is 7.11 Å². The lowest BCUT2D eigenvalue weighted by Crippen LogP contribution is -2.59. The SMILES string of the molecule is CCC1COC(C)CN1C(COC)C(=O)NN. The van der Waals surface area contributed by atoms with E-state index in [4.69, 9.17) is 15.3 Å². The van der Waals surface area contributed by atoms with E-state index in [0.29, 0.717) is 13.2 Å². The third-order valence-electron chi connectivity index (χ3n) is 3.15. The molecule has 0 saturated carbocycles. The number of rotatable bonds is 5. The second-order valence-electron chi connectivity index (χ2n) is 4.38. The fraction of sp³-hybridized carbons (Fsp3) is 0.909. The number of nitrogens with two attached hydrogens (primary N) is 1. The van der Waals surface area contributed by atoms with E-state index in [2.05, 4.69) is 17.2 Å². The molecule has 0 bridgehead atoms. The molecular formula is C11H23N3O3. The van der Waals surface area contributed by atoms with Crippen molar-refractivity contribution < 1.29 is 14.3 Å². The predicted octanol–water partition coefficient (Wildman–Crippen LogP) is -0.509.